The zero-order valence-corrected chi connectivity index (χ0v) is 24.1. The molecule has 0 radical (unpaired) electrons. The van der Waals surface area contributed by atoms with Gasteiger partial charge in [0.1, 0.15) is 22.8 Å². The van der Waals surface area contributed by atoms with Crippen LogP contribution in [0.4, 0.5) is 0 Å². The quantitative estimate of drug-likeness (QED) is 0.208. The molecule has 4 heteroatoms. The topological polar surface area (TPSA) is 49.9 Å². The monoisotopic (exact) mass is 621 g/mol. The second-order valence-electron chi connectivity index (χ2n) is 10.4. The molecular weight excluding hydrogens is 574 g/mol. The van der Waals surface area contributed by atoms with E-state index in [1.807, 2.05) is 0 Å². The van der Waals surface area contributed by atoms with Crippen LogP contribution in [0.25, 0.3) is 55.0 Å². The van der Waals surface area contributed by atoms with Crippen molar-refractivity contribution in [3.05, 3.63) is 180 Å². The summed E-state index contributed by atoms with van der Waals surface area (Å²) in [6.07, 6.45) is -1.66. The molecule has 0 aliphatic carbocycles. The van der Waals surface area contributed by atoms with Crippen molar-refractivity contribution in [3.8, 4) is 22.3 Å². The molecule has 47 heavy (non-hydrogen) atoms. The number of nitrogens with zero attached hydrogens (tertiary/aromatic N) is 2. The van der Waals surface area contributed by atoms with E-state index in [4.69, 9.17) is 26.3 Å². The maximum atomic E-state index is 9.41. The molecule has 0 spiro atoms. The van der Waals surface area contributed by atoms with Crippen LogP contribution in [0.2, 0.25) is 0 Å². The molecule has 1 aromatic heterocycles. The Morgan fingerprint density at radius 1 is 0.553 bits per heavy atom. The van der Waals surface area contributed by atoms with Gasteiger partial charge in [-0.25, -0.2) is 9.98 Å². The molecule has 1 atom stereocenters. The fraction of sp³-hybridized carbons (Fsp3) is 0.0233. The molecule has 1 aliphatic heterocycles. The molecule has 4 nitrogen and oxygen atoms in total. The second-order valence-corrected chi connectivity index (χ2v) is 10.4. The molecule has 1 unspecified atom stereocenters. The van der Waals surface area contributed by atoms with Gasteiger partial charge in [0.05, 0.1) is 24.7 Å². The molecule has 7 aromatic carbocycles. The average molecular weight is 622 g/mol. The number of aliphatic imine (C=N–C) groups is 2. The maximum Gasteiger partial charge on any atom is 0.169 e. The number of fused-ring (bicyclic) bond motifs is 4. The van der Waals surface area contributed by atoms with Crippen LogP contribution in [0.15, 0.2) is 178 Å². The van der Waals surface area contributed by atoms with E-state index in [2.05, 4.69) is 15.3 Å². The number of amidine groups is 2. The Hall–Kier alpha value is -6.26. The summed E-state index contributed by atoms with van der Waals surface area (Å²) < 4.78 is 163. The first-order valence-corrected chi connectivity index (χ1v) is 14.4. The van der Waals surface area contributed by atoms with Crippen LogP contribution in [0.5, 0.6) is 0 Å². The van der Waals surface area contributed by atoms with Crippen molar-refractivity contribution in [1.82, 2.24) is 5.32 Å². The van der Waals surface area contributed by atoms with Crippen LogP contribution in [0.3, 0.4) is 0 Å². The van der Waals surface area contributed by atoms with Crippen molar-refractivity contribution in [3.63, 3.8) is 0 Å². The molecular formula is C43H29N3O. The van der Waals surface area contributed by atoms with Gasteiger partial charge in [0, 0.05) is 21.9 Å². The molecule has 1 N–H and O–H groups in total. The van der Waals surface area contributed by atoms with Crippen molar-refractivity contribution >= 4 is 44.4 Å². The van der Waals surface area contributed by atoms with Gasteiger partial charge >= 0.3 is 0 Å². The Morgan fingerprint density at radius 3 is 2.09 bits per heavy atom. The number of hydrogen-bond donors (Lipinski definition) is 1. The second kappa shape index (κ2) is 11.3. The number of nitrogens with one attached hydrogen (secondary N) is 1. The molecule has 1 aliphatic rings. The van der Waals surface area contributed by atoms with Crippen molar-refractivity contribution in [1.29, 1.82) is 0 Å². The number of para-hydroxylation sites is 1. The molecule has 9 rings (SSSR count). The standard InChI is InChI=1S/C43H29N3O/c1-3-11-28(12-4-1)30-21-22-32-26-35(24-23-31(32)25-30)43-45-41(29-13-5-2-6-14-29)44-42(46-43)34-16-9-15-33(27-34)36-18-10-20-39-40(36)37-17-7-8-19-38(37)47-39/h1-27,41H,(H,44,45,46)/i2D,5D,6D,7D,8D,10D,13D,14D,17D,18D,19D,20D,21D,22D,23D,24D,25D,26D. The molecule has 0 saturated heterocycles. The van der Waals surface area contributed by atoms with Crippen molar-refractivity contribution in [2.45, 2.75) is 6.17 Å². The van der Waals surface area contributed by atoms with Crippen LogP contribution >= 0.6 is 0 Å². The highest BCUT2D eigenvalue weighted by atomic mass is 16.3. The Kier molecular flexibility index (Phi) is 3.46. The third-order valence-electron chi connectivity index (χ3n) is 7.56. The highest BCUT2D eigenvalue weighted by Gasteiger charge is 2.21. The third kappa shape index (κ3) is 4.97. The predicted octanol–water partition coefficient (Wildman–Crippen LogP) is 10.6. The molecule has 0 bridgehead atoms. The third-order valence-corrected chi connectivity index (χ3v) is 7.56. The van der Waals surface area contributed by atoms with Gasteiger partial charge in [-0.3, -0.25) is 0 Å². The van der Waals surface area contributed by atoms with E-state index in [9.17, 15) is 2.74 Å². The van der Waals surface area contributed by atoms with E-state index in [1.165, 1.54) is 24.3 Å². The molecule has 222 valence electrons. The van der Waals surface area contributed by atoms with Crippen molar-refractivity contribution < 1.29 is 29.1 Å². The first kappa shape index (κ1) is 14.4. The van der Waals surface area contributed by atoms with Crippen LogP contribution in [0, 0.1) is 0 Å². The summed E-state index contributed by atoms with van der Waals surface area (Å²) in [6.45, 7) is 0. The minimum atomic E-state index is -1.66. The van der Waals surface area contributed by atoms with E-state index in [0.29, 0.717) is 5.56 Å². The highest BCUT2D eigenvalue weighted by molar-refractivity contribution is 6.17. The first-order valence-electron chi connectivity index (χ1n) is 23.4. The number of hydrogen-bond acceptors (Lipinski definition) is 4. The number of benzene rings is 7. The van der Waals surface area contributed by atoms with Crippen molar-refractivity contribution in [2.24, 2.45) is 9.98 Å². The van der Waals surface area contributed by atoms with Crippen LogP contribution in [-0.2, 0) is 0 Å². The lowest BCUT2D eigenvalue weighted by molar-refractivity contribution is 0.669. The Morgan fingerprint density at radius 2 is 1.23 bits per heavy atom. The Balaban J connectivity index is 1.30. The summed E-state index contributed by atoms with van der Waals surface area (Å²) in [6, 6.07) is 4.23. The SMILES string of the molecule is [2H]c1c([2H])c([2H])c(C2N=C(c3cccc(-c4c([2H])c([2H])c([2H])c5oc6c([2H])c([2H])c([2H])c([2H])c6c45)c3)NC(c3c([2H])c([2H])c4c([2H])c(-c5ccccc5)c([2H])c([2H])c4c3[2H])=N2)c([2H])c1[2H]. The maximum absolute atomic E-state index is 9.41. The summed E-state index contributed by atoms with van der Waals surface area (Å²) >= 11 is 0. The molecule has 2 heterocycles. The summed E-state index contributed by atoms with van der Waals surface area (Å²) in [5.41, 5.74) is -0.575. The summed E-state index contributed by atoms with van der Waals surface area (Å²) in [4.78, 5) is 9.23. The number of furan rings is 1. The smallest absolute Gasteiger partial charge is 0.169 e. The lowest BCUT2D eigenvalue weighted by Crippen LogP contribution is -2.36. The van der Waals surface area contributed by atoms with E-state index in [-0.39, 0.29) is 83.8 Å². The van der Waals surface area contributed by atoms with E-state index >= 15 is 0 Å². The van der Waals surface area contributed by atoms with Gasteiger partial charge < -0.3 is 9.73 Å². The minimum Gasteiger partial charge on any atom is -0.456 e. The normalized spacial score (nSPS) is 20.0. The highest BCUT2D eigenvalue weighted by Crippen LogP contribution is 2.37. The Labute approximate surface area is 297 Å². The van der Waals surface area contributed by atoms with Gasteiger partial charge in [-0.05, 0) is 68.8 Å². The molecule has 0 saturated carbocycles. The van der Waals surface area contributed by atoms with Crippen molar-refractivity contribution in [2.75, 3.05) is 0 Å². The van der Waals surface area contributed by atoms with Gasteiger partial charge in [0.2, 0.25) is 0 Å². The lowest BCUT2D eigenvalue weighted by atomic mass is 9.97. The van der Waals surface area contributed by atoms with E-state index in [1.54, 1.807) is 30.3 Å². The zero-order valence-electron chi connectivity index (χ0n) is 42.1. The minimum absolute atomic E-state index is 0.0265. The van der Waals surface area contributed by atoms with Gasteiger partial charge in [-0.2, -0.15) is 0 Å². The molecule has 0 amide bonds. The van der Waals surface area contributed by atoms with Crippen LogP contribution in [0.1, 0.15) is 47.5 Å². The van der Waals surface area contributed by atoms with Gasteiger partial charge in [-0.15, -0.1) is 0 Å². The fourth-order valence-corrected chi connectivity index (χ4v) is 5.38. The molecule has 0 fully saturated rings. The largest absolute Gasteiger partial charge is 0.456 e. The summed E-state index contributed by atoms with van der Waals surface area (Å²) in [5, 5.41) is 2.28. The fourth-order valence-electron chi connectivity index (χ4n) is 5.38. The lowest BCUT2D eigenvalue weighted by Gasteiger charge is -2.23. The zero-order chi connectivity index (χ0) is 46.8. The molecule has 8 aromatic rings. The Bertz CT molecular complexity index is 3490. The van der Waals surface area contributed by atoms with Gasteiger partial charge in [0.25, 0.3) is 0 Å². The summed E-state index contributed by atoms with van der Waals surface area (Å²) in [5.74, 6) is -0.475. The van der Waals surface area contributed by atoms with Crippen LogP contribution in [-0.4, -0.2) is 11.7 Å². The number of rotatable bonds is 5. The average Bonchev–Trinajstić information content (AvgIpc) is 3.70. The summed E-state index contributed by atoms with van der Waals surface area (Å²) in [7, 11) is 0. The predicted molar refractivity (Wildman–Crippen MR) is 194 cm³/mol. The van der Waals surface area contributed by atoms with Gasteiger partial charge in [-0.1, -0.05) is 133 Å². The van der Waals surface area contributed by atoms with Gasteiger partial charge in [0.15, 0.2) is 6.17 Å². The van der Waals surface area contributed by atoms with Crippen LogP contribution < -0.4 is 5.32 Å². The van der Waals surface area contributed by atoms with E-state index < -0.39 is 109 Å². The first-order chi connectivity index (χ1) is 30.8. The van der Waals surface area contributed by atoms with E-state index in [0.717, 1.165) is 0 Å².